The molecule has 14 heavy (non-hydrogen) atoms. The van der Waals surface area contributed by atoms with Crippen LogP contribution in [0.1, 0.15) is 47.0 Å². The average molecular weight is 200 g/mol. The Balaban J connectivity index is 3.99. The molecular formula is C11H24N2O. The highest BCUT2D eigenvalue weighted by Crippen LogP contribution is 2.18. The van der Waals surface area contributed by atoms with Gasteiger partial charge in [0.1, 0.15) is 0 Å². The van der Waals surface area contributed by atoms with Gasteiger partial charge in [0.05, 0.1) is 6.54 Å². The van der Waals surface area contributed by atoms with Gasteiger partial charge >= 0.3 is 0 Å². The van der Waals surface area contributed by atoms with Crippen molar-refractivity contribution in [1.29, 1.82) is 0 Å². The van der Waals surface area contributed by atoms with Crippen LogP contribution < -0.4 is 10.6 Å². The van der Waals surface area contributed by atoms with Crippen LogP contribution in [0, 0.1) is 0 Å². The van der Waals surface area contributed by atoms with E-state index in [1.807, 2.05) is 6.92 Å². The van der Waals surface area contributed by atoms with Crippen LogP contribution in [0.3, 0.4) is 0 Å². The summed E-state index contributed by atoms with van der Waals surface area (Å²) in [5.74, 6) is 0.0900. The second kappa shape index (κ2) is 6.82. The summed E-state index contributed by atoms with van der Waals surface area (Å²) in [5, 5.41) is 6.14. The van der Waals surface area contributed by atoms with Crippen molar-refractivity contribution < 1.29 is 4.79 Å². The van der Waals surface area contributed by atoms with Gasteiger partial charge in [-0.3, -0.25) is 4.79 Å². The topological polar surface area (TPSA) is 41.1 Å². The Kier molecular flexibility index (Phi) is 6.54. The Morgan fingerprint density at radius 2 is 1.57 bits per heavy atom. The highest BCUT2D eigenvalue weighted by molar-refractivity contribution is 5.77. The largest absolute Gasteiger partial charge is 0.355 e. The predicted molar refractivity (Wildman–Crippen MR) is 60.3 cm³/mol. The quantitative estimate of drug-likeness (QED) is 0.656. The Morgan fingerprint density at radius 3 is 1.93 bits per heavy atom. The zero-order valence-electron chi connectivity index (χ0n) is 9.94. The Labute approximate surface area is 87.6 Å². The fourth-order valence-corrected chi connectivity index (χ4v) is 1.65. The molecule has 0 aliphatic heterocycles. The minimum atomic E-state index is 0.0900. The van der Waals surface area contributed by atoms with E-state index in [9.17, 15) is 4.79 Å². The molecular weight excluding hydrogens is 176 g/mol. The number of carbonyl (C=O) groups excluding carboxylic acids is 1. The minimum absolute atomic E-state index is 0.0900. The number of rotatable bonds is 7. The van der Waals surface area contributed by atoms with Crippen LogP contribution in [-0.2, 0) is 4.79 Å². The first-order valence-corrected chi connectivity index (χ1v) is 5.65. The third kappa shape index (κ3) is 4.09. The van der Waals surface area contributed by atoms with E-state index in [-0.39, 0.29) is 11.4 Å². The van der Waals surface area contributed by atoms with Crippen molar-refractivity contribution in [3.05, 3.63) is 0 Å². The maximum absolute atomic E-state index is 11.3. The van der Waals surface area contributed by atoms with Crippen molar-refractivity contribution in [2.24, 2.45) is 0 Å². The van der Waals surface area contributed by atoms with Crippen LogP contribution in [-0.4, -0.2) is 24.5 Å². The van der Waals surface area contributed by atoms with Gasteiger partial charge in [-0.1, -0.05) is 20.8 Å². The van der Waals surface area contributed by atoms with Crippen molar-refractivity contribution in [2.45, 2.75) is 52.5 Å². The number of carbonyl (C=O) groups is 1. The van der Waals surface area contributed by atoms with Gasteiger partial charge in [-0.05, 0) is 26.2 Å². The zero-order chi connectivity index (χ0) is 11.0. The van der Waals surface area contributed by atoms with E-state index >= 15 is 0 Å². The molecule has 0 aromatic heterocycles. The summed E-state index contributed by atoms with van der Waals surface area (Å²) in [5.41, 5.74) is 0.144. The van der Waals surface area contributed by atoms with Gasteiger partial charge in [-0.15, -0.1) is 0 Å². The lowest BCUT2D eigenvalue weighted by Gasteiger charge is -2.31. The molecule has 0 aromatic rings. The first kappa shape index (κ1) is 13.4. The highest BCUT2D eigenvalue weighted by atomic mass is 16.1. The van der Waals surface area contributed by atoms with Gasteiger partial charge in [0.15, 0.2) is 0 Å². The van der Waals surface area contributed by atoms with Crippen LogP contribution in [0.25, 0.3) is 0 Å². The lowest BCUT2D eigenvalue weighted by molar-refractivity contribution is -0.120. The maximum Gasteiger partial charge on any atom is 0.233 e. The predicted octanol–water partition coefficient (Wildman–Crippen LogP) is 1.68. The molecule has 0 aliphatic carbocycles. The van der Waals surface area contributed by atoms with E-state index in [0.717, 1.165) is 19.3 Å². The van der Waals surface area contributed by atoms with Gasteiger partial charge in [0.25, 0.3) is 0 Å². The Bertz CT molecular complexity index is 156. The van der Waals surface area contributed by atoms with Crippen molar-refractivity contribution in [3.63, 3.8) is 0 Å². The molecule has 3 heteroatoms. The first-order chi connectivity index (χ1) is 6.64. The SMILES string of the molecule is CCNC(=O)CNC(CC)(CC)CC. The zero-order valence-corrected chi connectivity index (χ0v) is 9.94. The minimum Gasteiger partial charge on any atom is -0.355 e. The third-order valence-corrected chi connectivity index (χ3v) is 3.03. The van der Waals surface area contributed by atoms with E-state index in [2.05, 4.69) is 31.4 Å². The molecule has 0 fully saturated rings. The molecule has 0 saturated carbocycles. The molecule has 84 valence electrons. The molecule has 0 saturated heterocycles. The maximum atomic E-state index is 11.3. The van der Waals surface area contributed by atoms with E-state index in [1.54, 1.807) is 0 Å². The fraction of sp³-hybridized carbons (Fsp3) is 0.909. The van der Waals surface area contributed by atoms with Crippen LogP contribution in [0.15, 0.2) is 0 Å². The molecule has 0 atom stereocenters. The van der Waals surface area contributed by atoms with Crippen LogP contribution in [0.5, 0.6) is 0 Å². The van der Waals surface area contributed by atoms with Crippen molar-refractivity contribution in [3.8, 4) is 0 Å². The molecule has 2 N–H and O–H groups in total. The Morgan fingerprint density at radius 1 is 1.07 bits per heavy atom. The summed E-state index contributed by atoms with van der Waals surface area (Å²) in [7, 11) is 0. The van der Waals surface area contributed by atoms with Gasteiger partial charge < -0.3 is 10.6 Å². The standard InChI is InChI=1S/C11H24N2O/c1-5-11(6-2,7-3)13-9-10(14)12-8-4/h13H,5-9H2,1-4H3,(H,12,14). The normalized spacial score (nSPS) is 11.4. The van der Waals surface area contributed by atoms with Crippen LogP contribution in [0.4, 0.5) is 0 Å². The van der Waals surface area contributed by atoms with E-state index in [1.165, 1.54) is 0 Å². The number of likely N-dealkylation sites (N-methyl/N-ethyl adjacent to an activating group) is 1. The van der Waals surface area contributed by atoms with Gasteiger partial charge in [0.2, 0.25) is 5.91 Å². The number of hydrogen-bond donors (Lipinski definition) is 2. The molecule has 0 heterocycles. The first-order valence-electron chi connectivity index (χ1n) is 5.65. The van der Waals surface area contributed by atoms with Gasteiger partial charge in [-0.2, -0.15) is 0 Å². The van der Waals surface area contributed by atoms with Crippen LogP contribution in [0.2, 0.25) is 0 Å². The monoisotopic (exact) mass is 200 g/mol. The molecule has 0 radical (unpaired) electrons. The fourth-order valence-electron chi connectivity index (χ4n) is 1.65. The second-order valence-corrected chi connectivity index (χ2v) is 3.65. The average Bonchev–Trinajstić information content (AvgIpc) is 2.21. The molecule has 0 bridgehead atoms. The van der Waals surface area contributed by atoms with Crippen molar-refractivity contribution in [1.82, 2.24) is 10.6 Å². The summed E-state index contributed by atoms with van der Waals surface area (Å²) in [6, 6.07) is 0. The lowest BCUT2D eigenvalue weighted by atomic mass is 9.90. The number of hydrogen-bond acceptors (Lipinski definition) is 2. The smallest absolute Gasteiger partial charge is 0.233 e. The van der Waals surface area contributed by atoms with E-state index in [0.29, 0.717) is 13.1 Å². The van der Waals surface area contributed by atoms with Crippen LogP contribution >= 0.6 is 0 Å². The molecule has 0 aromatic carbocycles. The summed E-state index contributed by atoms with van der Waals surface area (Å²) in [6.45, 7) is 9.57. The molecule has 0 rings (SSSR count). The van der Waals surface area contributed by atoms with E-state index in [4.69, 9.17) is 0 Å². The third-order valence-electron chi connectivity index (χ3n) is 3.03. The lowest BCUT2D eigenvalue weighted by Crippen LogP contribution is -2.48. The molecule has 3 nitrogen and oxygen atoms in total. The van der Waals surface area contributed by atoms with E-state index < -0.39 is 0 Å². The molecule has 0 spiro atoms. The summed E-state index contributed by atoms with van der Waals surface area (Å²) >= 11 is 0. The van der Waals surface area contributed by atoms with Gasteiger partial charge in [-0.25, -0.2) is 0 Å². The molecule has 1 amide bonds. The van der Waals surface area contributed by atoms with Crippen molar-refractivity contribution in [2.75, 3.05) is 13.1 Å². The molecule has 0 unspecified atom stereocenters. The molecule has 0 aliphatic rings. The number of amides is 1. The number of nitrogens with one attached hydrogen (secondary N) is 2. The van der Waals surface area contributed by atoms with Gasteiger partial charge in [0, 0.05) is 12.1 Å². The highest BCUT2D eigenvalue weighted by Gasteiger charge is 2.23. The second-order valence-electron chi connectivity index (χ2n) is 3.65. The summed E-state index contributed by atoms with van der Waals surface area (Å²) < 4.78 is 0. The summed E-state index contributed by atoms with van der Waals surface area (Å²) in [4.78, 5) is 11.3. The Hall–Kier alpha value is -0.570. The summed E-state index contributed by atoms with van der Waals surface area (Å²) in [6.07, 6.45) is 3.21. The van der Waals surface area contributed by atoms with Crippen molar-refractivity contribution >= 4 is 5.91 Å².